The summed E-state index contributed by atoms with van der Waals surface area (Å²) in [6.45, 7) is 0.812. The van der Waals surface area contributed by atoms with Gasteiger partial charge < -0.3 is 10.1 Å². The van der Waals surface area contributed by atoms with E-state index in [0.717, 1.165) is 12.8 Å². The summed E-state index contributed by atoms with van der Waals surface area (Å²) in [4.78, 5) is 16.6. The number of nitrogens with one attached hydrogen (secondary N) is 1. The van der Waals surface area contributed by atoms with E-state index < -0.39 is 10.0 Å². The van der Waals surface area contributed by atoms with Crippen LogP contribution in [-0.4, -0.2) is 56.1 Å². The van der Waals surface area contributed by atoms with Crippen LogP contribution in [0.1, 0.15) is 23.2 Å². The smallest absolute Gasteiger partial charge is 0.257 e. The Balaban J connectivity index is 1.76. The van der Waals surface area contributed by atoms with Crippen molar-refractivity contribution in [1.82, 2.24) is 14.6 Å². The summed E-state index contributed by atoms with van der Waals surface area (Å²) in [5.41, 5.74) is 0.363. The minimum atomic E-state index is -3.24. The predicted molar refractivity (Wildman–Crippen MR) is 84.7 cm³/mol. The molecule has 2 fully saturated rings. The highest BCUT2D eigenvalue weighted by atomic mass is 32.2. The summed E-state index contributed by atoms with van der Waals surface area (Å²) in [7, 11) is -1.78. The fourth-order valence-electron chi connectivity index (χ4n) is 3.19. The lowest BCUT2D eigenvalue weighted by atomic mass is 9.98. The average Bonchev–Trinajstić information content (AvgIpc) is 3.26. The fourth-order valence-corrected chi connectivity index (χ4v) is 4.06. The van der Waals surface area contributed by atoms with Crippen molar-refractivity contribution in [2.45, 2.75) is 18.9 Å². The molecule has 7 nitrogen and oxygen atoms in total. The molecule has 0 spiro atoms. The molecule has 1 aromatic rings. The lowest BCUT2D eigenvalue weighted by Gasteiger charge is -2.19. The zero-order chi connectivity index (χ0) is 16.6. The summed E-state index contributed by atoms with van der Waals surface area (Å²) >= 11 is 0. The number of rotatable bonds is 5. The largest absolute Gasteiger partial charge is 0.480 e. The van der Waals surface area contributed by atoms with E-state index >= 15 is 0 Å². The van der Waals surface area contributed by atoms with Gasteiger partial charge in [0.1, 0.15) is 5.56 Å². The summed E-state index contributed by atoms with van der Waals surface area (Å²) in [6, 6.07) is 3.15. The van der Waals surface area contributed by atoms with Crippen molar-refractivity contribution >= 4 is 15.9 Å². The standard InChI is InChI=1S/C15H21N3O4S/c1-22-15-11(4-3-7-16-15)14(19)17-13-9-18(23(2,20)21)8-12(13)10-5-6-10/h3-4,7,10,12-13H,5-6,8-9H2,1-2H3,(H,17,19)/t12-,13+/m0/s1. The van der Waals surface area contributed by atoms with E-state index in [1.165, 1.54) is 17.7 Å². The van der Waals surface area contributed by atoms with Gasteiger partial charge >= 0.3 is 0 Å². The number of sulfonamides is 1. The minimum Gasteiger partial charge on any atom is -0.480 e. The Bertz CT molecular complexity index is 702. The molecule has 0 radical (unpaired) electrons. The van der Waals surface area contributed by atoms with Crippen molar-refractivity contribution in [3.63, 3.8) is 0 Å². The number of ether oxygens (including phenoxy) is 1. The third-order valence-electron chi connectivity index (χ3n) is 4.55. The number of hydrogen-bond acceptors (Lipinski definition) is 5. The molecule has 0 aromatic carbocycles. The molecule has 1 amide bonds. The molecule has 23 heavy (non-hydrogen) atoms. The van der Waals surface area contributed by atoms with Crippen LogP contribution >= 0.6 is 0 Å². The summed E-state index contributed by atoms with van der Waals surface area (Å²) in [5.74, 6) is 0.672. The van der Waals surface area contributed by atoms with Gasteiger partial charge in [-0.15, -0.1) is 0 Å². The zero-order valence-electron chi connectivity index (χ0n) is 13.2. The topological polar surface area (TPSA) is 88.6 Å². The van der Waals surface area contributed by atoms with Crippen LogP contribution in [0.15, 0.2) is 18.3 Å². The second-order valence-corrected chi connectivity index (χ2v) is 8.20. The molecular formula is C15H21N3O4S. The quantitative estimate of drug-likeness (QED) is 0.843. The Morgan fingerprint density at radius 1 is 1.39 bits per heavy atom. The molecule has 1 saturated heterocycles. The molecule has 2 atom stereocenters. The number of aromatic nitrogens is 1. The molecule has 126 valence electrons. The second kappa shape index (κ2) is 6.09. The number of carbonyl (C=O) groups is 1. The maximum atomic E-state index is 12.5. The van der Waals surface area contributed by atoms with Crippen molar-refractivity contribution in [2.75, 3.05) is 26.5 Å². The molecule has 1 aromatic heterocycles. The first-order valence-corrected chi connectivity index (χ1v) is 9.50. The van der Waals surface area contributed by atoms with E-state index in [4.69, 9.17) is 4.74 Å². The molecule has 3 rings (SSSR count). The first kappa shape index (κ1) is 16.2. The van der Waals surface area contributed by atoms with Crippen LogP contribution in [0, 0.1) is 11.8 Å². The number of methoxy groups -OCH3 is 1. The predicted octanol–water partition coefficient (Wildman–Crippen LogP) is 0.490. The Labute approximate surface area is 136 Å². The average molecular weight is 339 g/mol. The number of carbonyl (C=O) groups excluding carboxylic acids is 1. The monoisotopic (exact) mass is 339 g/mol. The number of pyridine rings is 1. The van der Waals surface area contributed by atoms with E-state index in [1.54, 1.807) is 18.3 Å². The number of hydrogen-bond donors (Lipinski definition) is 1. The second-order valence-electron chi connectivity index (χ2n) is 6.22. The molecule has 1 saturated carbocycles. The summed E-state index contributed by atoms with van der Waals surface area (Å²) in [6.07, 6.45) is 4.98. The van der Waals surface area contributed by atoms with E-state index in [1.807, 2.05) is 0 Å². The third-order valence-corrected chi connectivity index (χ3v) is 5.79. The zero-order valence-corrected chi connectivity index (χ0v) is 14.0. The summed E-state index contributed by atoms with van der Waals surface area (Å²) in [5, 5.41) is 2.98. The molecule has 0 unspecified atom stereocenters. The van der Waals surface area contributed by atoms with Crippen LogP contribution in [-0.2, 0) is 10.0 Å². The SMILES string of the molecule is COc1ncccc1C(=O)N[C@@H]1CN(S(C)(=O)=O)C[C@H]1C1CC1. The highest BCUT2D eigenvalue weighted by molar-refractivity contribution is 7.88. The highest BCUT2D eigenvalue weighted by Gasteiger charge is 2.45. The van der Waals surface area contributed by atoms with Crippen molar-refractivity contribution in [3.8, 4) is 5.88 Å². The van der Waals surface area contributed by atoms with Crippen LogP contribution < -0.4 is 10.1 Å². The Morgan fingerprint density at radius 3 is 2.74 bits per heavy atom. The van der Waals surface area contributed by atoms with E-state index in [0.29, 0.717) is 24.6 Å². The molecule has 8 heteroatoms. The lowest BCUT2D eigenvalue weighted by Crippen LogP contribution is -2.41. The fraction of sp³-hybridized carbons (Fsp3) is 0.600. The molecular weight excluding hydrogens is 318 g/mol. The lowest BCUT2D eigenvalue weighted by molar-refractivity contribution is 0.0924. The molecule has 1 aliphatic carbocycles. The summed E-state index contributed by atoms with van der Waals surface area (Å²) < 4.78 is 30.2. The van der Waals surface area contributed by atoms with Crippen LogP contribution in [0.5, 0.6) is 5.88 Å². The van der Waals surface area contributed by atoms with Gasteiger partial charge in [0.2, 0.25) is 15.9 Å². The molecule has 1 N–H and O–H groups in total. The van der Waals surface area contributed by atoms with Gasteiger partial charge in [-0.3, -0.25) is 4.79 Å². The number of amides is 1. The Morgan fingerprint density at radius 2 is 2.13 bits per heavy atom. The van der Waals surface area contributed by atoms with Gasteiger partial charge in [-0.25, -0.2) is 13.4 Å². The Kier molecular flexibility index (Phi) is 4.29. The minimum absolute atomic E-state index is 0.172. The van der Waals surface area contributed by atoms with E-state index in [9.17, 15) is 13.2 Å². The number of nitrogens with zero attached hydrogens (tertiary/aromatic N) is 2. The first-order valence-electron chi connectivity index (χ1n) is 7.65. The van der Waals surface area contributed by atoms with Crippen LogP contribution in [0.25, 0.3) is 0 Å². The van der Waals surface area contributed by atoms with Gasteiger partial charge in [0, 0.05) is 25.3 Å². The molecule has 2 heterocycles. The molecule has 1 aliphatic heterocycles. The van der Waals surface area contributed by atoms with Gasteiger partial charge in [-0.2, -0.15) is 4.31 Å². The van der Waals surface area contributed by atoms with Crippen LogP contribution in [0.3, 0.4) is 0 Å². The normalized spacial score (nSPS) is 25.3. The maximum absolute atomic E-state index is 12.5. The van der Waals surface area contributed by atoms with Crippen molar-refractivity contribution in [2.24, 2.45) is 11.8 Å². The Hall–Kier alpha value is -1.67. The first-order chi connectivity index (χ1) is 10.9. The van der Waals surface area contributed by atoms with Crippen LogP contribution in [0.2, 0.25) is 0 Å². The van der Waals surface area contributed by atoms with Gasteiger partial charge in [-0.05, 0) is 36.8 Å². The van der Waals surface area contributed by atoms with Crippen LogP contribution in [0.4, 0.5) is 0 Å². The maximum Gasteiger partial charge on any atom is 0.257 e. The van der Waals surface area contributed by atoms with Gasteiger partial charge in [0.05, 0.1) is 13.4 Å². The third kappa shape index (κ3) is 3.48. The van der Waals surface area contributed by atoms with Crippen molar-refractivity contribution in [3.05, 3.63) is 23.9 Å². The molecule has 2 aliphatic rings. The molecule has 0 bridgehead atoms. The van der Waals surface area contributed by atoms with Crippen molar-refractivity contribution in [1.29, 1.82) is 0 Å². The van der Waals surface area contributed by atoms with E-state index in [-0.39, 0.29) is 23.7 Å². The van der Waals surface area contributed by atoms with Gasteiger partial charge in [0.15, 0.2) is 0 Å². The highest BCUT2D eigenvalue weighted by Crippen LogP contribution is 2.42. The van der Waals surface area contributed by atoms with Crippen molar-refractivity contribution < 1.29 is 17.9 Å². The van der Waals surface area contributed by atoms with Gasteiger partial charge in [0.25, 0.3) is 5.91 Å². The van der Waals surface area contributed by atoms with Gasteiger partial charge in [-0.1, -0.05) is 0 Å². The van der Waals surface area contributed by atoms with E-state index in [2.05, 4.69) is 10.3 Å².